The molecule has 0 spiro atoms. The summed E-state index contributed by atoms with van der Waals surface area (Å²) in [6.07, 6.45) is 5.81. The molecular formula is C20H22O6S3. The van der Waals surface area contributed by atoms with Crippen LogP contribution in [-0.4, -0.2) is 46.7 Å². The summed E-state index contributed by atoms with van der Waals surface area (Å²) in [4.78, 5) is 26.5. The van der Waals surface area contributed by atoms with Crippen LogP contribution in [0.5, 0.6) is 0 Å². The van der Waals surface area contributed by atoms with E-state index in [9.17, 15) is 26.4 Å². The molecule has 9 heteroatoms. The van der Waals surface area contributed by atoms with E-state index in [4.69, 9.17) is 0 Å². The lowest BCUT2D eigenvalue weighted by Crippen LogP contribution is -2.27. The lowest BCUT2D eigenvalue weighted by Gasteiger charge is -2.24. The van der Waals surface area contributed by atoms with E-state index in [1.165, 1.54) is 23.9 Å². The van der Waals surface area contributed by atoms with E-state index in [2.05, 4.69) is 6.58 Å². The molecule has 0 amide bonds. The fraction of sp³-hybridized carbons (Fsp3) is 0.400. The second-order valence-electron chi connectivity index (χ2n) is 7.44. The molecule has 1 aromatic carbocycles. The molecule has 2 aliphatic carbocycles. The Morgan fingerprint density at radius 2 is 1.79 bits per heavy atom. The van der Waals surface area contributed by atoms with Gasteiger partial charge >= 0.3 is 0 Å². The van der Waals surface area contributed by atoms with Gasteiger partial charge in [0.2, 0.25) is 0 Å². The molecule has 6 nitrogen and oxygen atoms in total. The molecule has 0 aliphatic heterocycles. The third-order valence-corrected chi connectivity index (χ3v) is 8.77. The number of carbonyl (C=O) groups excluding carboxylic acids is 2. The van der Waals surface area contributed by atoms with Gasteiger partial charge in [-0.25, -0.2) is 16.8 Å². The van der Waals surface area contributed by atoms with Gasteiger partial charge in [-0.05, 0) is 43.4 Å². The van der Waals surface area contributed by atoms with E-state index in [1.807, 2.05) is 0 Å². The summed E-state index contributed by atoms with van der Waals surface area (Å²) < 4.78 is 48.4. The van der Waals surface area contributed by atoms with E-state index < -0.39 is 25.5 Å². The Morgan fingerprint density at radius 1 is 1.14 bits per heavy atom. The number of benzene rings is 1. The second kappa shape index (κ2) is 7.85. The molecule has 1 aromatic rings. The molecule has 0 N–H and O–H groups in total. The lowest BCUT2D eigenvalue weighted by molar-refractivity contribution is -0.119. The number of carbonyl (C=O) groups is 2. The Labute approximate surface area is 175 Å². The number of Topliss-reactive ketones (excluding diaryl/α,β-unsaturated/α-hetero) is 2. The average Bonchev–Trinajstić information content (AvgIpc) is 3.07. The highest BCUT2D eigenvalue weighted by Crippen LogP contribution is 2.48. The Bertz CT molecular complexity index is 1140. The minimum absolute atomic E-state index is 0.0487. The second-order valence-corrected chi connectivity index (χ2v) is 12.5. The third-order valence-electron chi connectivity index (χ3n) is 5.28. The van der Waals surface area contributed by atoms with E-state index in [1.54, 1.807) is 6.08 Å². The standard InChI is InChI=1S/C20H22O6S3/c1-4-9-27-20-13-6-5-12(10-13)18(21)17(20)19(22)15-8-7-14(28(2,23)24)11-16(15)29(3,25)26/h4,7-8,11-13H,1,5-6,9-10H2,2-3H3. The average molecular weight is 455 g/mol. The smallest absolute Gasteiger partial charge is 0.198 e. The van der Waals surface area contributed by atoms with Crippen LogP contribution in [0.15, 0.2) is 51.1 Å². The highest BCUT2D eigenvalue weighted by molar-refractivity contribution is 8.03. The first-order chi connectivity index (χ1) is 13.4. The van der Waals surface area contributed by atoms with E-state index in [0.29, 0.717) is 23.5 Å². The summed E-state index contributed by atoms with van der Waals surface area (Å²) in [5, 5.41) is 0. The Morgan fingerprint density at radius 3 is 2.38 bits per heavy atom. The molecule has 1 fully saturated rings. The number of hydrogen-bond acceptors (Lipinski definition) is 7. The summed E-state index contributed by atoms with van der Waals surface area (Å²) in [6.45, 7) is 3.68. The number of thioether (sulfide) groups is 1. The van der Waals surface area contributed by atoms with Crippen molar-refractivity contribution in [1.82, 2.24) is 0 Å². The van der Waals surface area contributed by atoms with Gasteiger partial charge in [0.25, 0.3) is 0 Å². The van der Waals surface area contributed by atoms with Crippen molar-refractivity contribution >= 4 is 43.0 Å². The summed E-state index contributed by atoms with van der Waals surface area (Å²) in [5.41, 5.74) is -0.117. The highest BCUT2D eigenvalue weighted by atomic mass is 32.2. The monoisotopic (exact) mass is 454 g/mol. The summed E-state index contributed by atoms with van der Waals surface area (Å²) in [7, 11) is -7.57. The van der Waals surface area contributed by atoms with Crippen molar-refractivity contribution in [3.63, 3.8) is 0 Å². The van der Waals surface area contributed by atoms with Gasteiger partial charge in [0.05, 0.1) is 15.4 Å². The first-order valence-electron chi connectivity index (χ1n) is 9.06. The number of rotatable bonds is 7. The number of fused-ring (bicyclic) bond motifs is 2. The molecule has 2 unspecified atom stereocenters. The van der Waals surface area contributed by atoms with E-state index in [-0.39, 0.29) is 38.5 Å². The third kappa shape index (κ3) is 4.27. The van der Waals surface area contributed by atoms with Crippen molar-refractivity contribution in [2.75, 3.05) is 18.3 Å². The molecule has 0 heterocycles. The van der Waals surface area contributed by atoms with Gasteiger partial charge in [0, 0.05) is 34.7 Å². The van der Waals surface area contributed by atoms with Crippen LogP contribution in [0.25, 0.3) is 0 Å². The molecule has 156 valence electrons. The van der Waals surface area contributed by atoms with Gasteiger partial charge in [-0.1, -0.05) is 6.08 Å². The van der Waals surface area contributed by atoms with Crippen LogP contribution in [0, 0.1) is 11.8 Å². The molecule has 2 atom stereocenters. The zero-order valence-corrected chi connectivity index (χ0v) is 18.6. The van der Waals surface area contributed by atoms with Crippen LogP contribution in [0.1, 0.15) is 29.6 Å². The van der Waals surface area contributed by atoms with Gasteiger partial charge in [-0.15, -0.1) is 18.3 Å². The molecule has 2 bridgehead atoms. The Kier molecular flexibility index (Phi) is 5.95. The van der Waals surface area contributed by atoms with Crippen molar-refractivity contribution in [3.05, 3.63) is 46.9 Å². The minimum Gasteiger partial charge on any atom is -0.294 e. The molecular weight excluding hydrogens is 432 g/mol. The normalized spacial score (nSPS) is 22.1. The highest BCUT2D eigenvalue weighted by Gasteiger charge is 2.43. The minimum atomic E-state index is -3.91. The predicted molar refractivity (Wildman–Crippen MR) is 113 cm³/mol. The van der Waals surface area contributed by atoms with Crippen LogP contribution < -0.4 is 0 Å². The van der Waals surface area contributed by atoms with Crippen molar-refractivity contribution in [2.45, 2.75) is 29.1 Å². The molecule has 3 rings (SSSR count). The van der Waals surface area contributed by atoms with Gasteiger partial charge in [0.15, 0.2) is 31.2 Å². The van der Waals surface area contributed by atoms with Gasteiger partial charge in [0.1, 0.15) is 0 Å². The quantitative estimate of drug-likeness (QED) is 0.355. The van der Waals surface area contributed by atoms with Crippen molar-refractivity contribution in [2.24, 2.45) is 11.8 Å². The fourth-order valence-electron chi connectivity index (χ4n) is 3.91. The zero-order chi connectivity index (χ0) is 21.6. The van der Waals surface area contributed by atoms with E-state index in [0.717, 1.165) is 25.0 Å². The Balaban J connectivity index is 2.20. The van der Waals surface area contributed by atoms with Crippen LogP contribution in [0.3, 0.4) is 0 Å². The van der Waals surface area contributed by atoms with E-state index >= 15 is 0 Å². The van der Waals surface area contributed by atoms with Crippen LogP contribution >= 0.6 is 11.8 Å². The Hall–Kier alpha value is -1.71. The maximum absolute atomic E-state index is 13.4. The van der Waals surface area contributed by atoms with Crippen molar-refractivity contribution in [1.29, 1.82) is 0 Å². The lowest BCUT2D eigenvalue weighted by atomic mass is 9.84. The molecule has 2 aliphatic rings. The summed E-state index contributed by atoms with van der Waals surface area (Å²) in [6, 6.07) is 3.40. The molecule has 29 heavy (non-hydrogen) atoms. The molecule has 0 aromatic heterocycles. The molecule has 1 saturated carbocycles. The van der Waals surface area contributed by atoms with Gasteiger partial charge in [-0.2, -0.15) is 0 Å². The fourth-order valence-corrected chi connectivity index (χ4v) is 6.62. The van der Waals surface area contributed by atoms with Crippen molar-refractivity contribution < 1.29 is 26.4 Å². The topological polar surface area (TPSA) is 102 Å². The van der Waals surface area contributed by atoms with Crippen LogP contribution in [-0.2, 0) is 24.5 Å². The maximum atomic E-state index is 13.4. The molecule has 0 saturated heterocycles. The number of hydrogen-bond donors (Lipinski definition) is 0. The summed E-state index contributed by atoms with van der Waals surface area (Å²) >= 11 is 1.39. The van der Waals surface area contributed by atoms with Gasteiger partial charge in [-0.3, -0.25) is 9.59 Å². The van der Waals surface area contributed by atoms with Gasteiger partial charge < -0.3 is 0 Å². The van der Waals surface area contributed by atoms with Crippen molar-refractivity contribution in [3.8, 4) is 0 Å². The zero-order valence-electron chi connectivity index (χ0n) is 16.2. The largest absolute Gasteiger partial charge is 0.294 e. The number of allylic oxidation sites excluding steroid dienone is 2. The SMILES string of the molecule is C=CCSC1=C(C(=O)c2ccc(S(C)(=O)=O)cc2S(C)(=O)=O)C(=O)C2CCC1C2. The first-order valence-corrected chi connectivity index (χ1v) is 13.8. The maximum Gasteiger partial charge on any atom is 0.198 e. The first kappa shape index (κ1) is 22.0. The predicted octanol–water partition coefficient (Wildman–Crippen LogP) is 2.85. The number of sulfone groups is 2. The molecule has 0 radical (unpaired) electrons. The van der Waals surface area contributed by atoms with Crippen LogP contribution in [0.4, 0.5) is 0 Å². The van der Waals surface area contributed by atoms with Crippen LogP contribution in [0.2, 0.25) is 0 Å². The number of ketones is 2. The summed E-state index contributed by atoms with van der Waals surface area (Å²) in [5.74, 6) is -0.477.